The molecule has 0 aliphatic carbocycles. The number of likely N-dealkylation sites (N-methyl/N-ethyl adjacent to an activating group) is 1. The van der Waals surface area contributed by atoms with Crippen molar-refractivity contribution in [1.29, 1.82) is 0 Å². The van der Waals surface area contributed by atoms with Crippen LogP contribution in [0, 0.1) is 0 Å². The van der Waals surface area contributed by atoms with E-state index in [1.54, 1.807) is 0 Å². The van der Waals surface area contributed by atoms with Gasteiger partial charge in [-0.05, 0) is 29.7 Å². The van der Waals surface area contributed by atoms with Crippen LogP contribution in [-0.2, 0) is 22.6 Å². The first-order valence-electron chi connectivity index (χ1n) is 8.35. The average Bonchev–Trinajstić information content (AvgIpc) is 2.91. The topological polar surface area (TPSA) is 33.7 Å². The predicted octanol–water partition coefficient (Wildman–Crippen LogP) is 2.38. The van der Waals surface area contributed by atoms with E-state index in [0.717, 1.165) is 39.4 Å². The number of benzene rings is 1. The van der Waals surface area contributed by atoms with Crippen molar-refractivity contribution in [2.24, 2.45) is 0 Å². The van der Waals surface area contributed by atoms with E-state index in [1.165, 1.54) is 16.7 Å². The van der Waals surface area contributed by atoms with Gasteiger partial charge in [0, 0.05) is 26.2 Å². The zero-order chi connectivity index (χ0) is 15.8. The summed E-state index contributed by atoms with van der Waals surface area (Å²) in [6.45, 7) is 11.4. The third kappa shape index (κ3) is 5.36. The Morgan fingerprint density at radius 1 is 1.05 bits per heavy atom. The molecule has 0 spiro atoms. The first kappa shape index (κ1) is 17.4. The van der Waals surface area contributed by atoms with Crippen LogP contribution in [0.1, 0.15) is 36.5 Å². The molecule has 1 heterocycles. The summed E-state index contributed by atoms with van der Waals surface area (Å²) in [5, 5.41) is 3.05. The average molecular weight is 306 g/mol. The Morgan fingerprint density at radius 3 is 2.50 bits per heavy atom. The molecule has 0 radical (unpaired) electrons. The second-order valence-electron chi connectivity index (χ2n) is 6.22. The van der Waals surface area contributed by atoms with Gasteiger partial charge in [-0.25, -0.2) is 0 Å². The molecule has 2 rings (SSSR count). The van der Waals surface area contributed by atoms with Crippen molar-refractivity contribution < 1.29 is 9.47 Å². The first-order valence-corrected chi connectivity index (χ1v) is 8.35. The van der Waals surface area contributed by atoms with Gasteiger partial charge in [-0.15, -0.1) is 0 Å². The van der Waals surface area contributed by atoms with Gasteiger partial charge >= 0.3 is 0 Å². The molecule has 0 bridgehead atoms. The lowest BCUT2D eigenvalue weighted by Gasteiger charge is -2.14. The summed E-state index contributed by atoms with van der Waals surface area (Å²) in [6, 6.07) is 6.93. The first-order chi connectivity index (χ1) is 10.7. The van der Waals surface area contributed by atoms with Crippen LogP contribution in [-0.4, -0.2) is 51.5 Å². The minimum absolute atomic E-state index is 0.602. The number of fused-ring (bicyclic) bond motifs is 1. The molecule has 22 heavy (non-hydrogen) atoms. The fourth-order valence-electron chi connectivity index (χ4n) is 2.69. The lowest BCUT2D eigenvalue weighted by atomic mass is 9.99. The van der Waals surface area contributed by atoms with E-state index in [4.69, 9.17) is 9.47 Å². The van der Waals surface area contributed by atoms with Gasteiger partial charge in [0.2, 0.25) is 0 Å². The monoisotopic (exact) mass is 306 g/mol. The van der Waals surface area contributed by atoms with Gasteiger partial charge in [0.05, 0.1) is 26.4 Å². The Morgan fingerprint density at radius 2 is 1.77 bits per heavy atom. The van der Waals surface area contributed by atoms with Crippen molar-refractivity contribution in [2.75, 3.05) is 46.6 Å². The van der Waals surface area contributed by atoms with Crippen LogP contribution in [0.15, 0.2) is 18.2 Å². The standard InChI is InChI=1S/C18H30N2O2/c1-15(2)16-4-5-17-13-20(14-18(17)12-16)7-9-22-11-10-21-8-6-19-3/h4-5,12,15,19H,6-11,13-14H2,1-3H3. The maximum atomic E-state index is 5.65. The van der Waals surface area contributed by atoms with Gasteiger partial charge in [0.25, 0.3) is 0 Å². The maximum Gasteiger partial charge on any atom is 0.0701 e. The molecule has 0 amide bonds. The minimum atomic E-state index is 0.602. The zero-order valence-electron chi connectivity index (χ0n) is 14.2. The van der Waals surface area contributed by atoms with Gasteiger partial charge in [-0.3, -0.25) is 4.90 Å². The Hall–Kier alpha value is -0.940. The summed E-state index contributed by atoms with van der Waals surface area (Å²) in [4.78, 5) is 2.45. The quantitative estimate of drug-likeness (QED) is 0.673. The van der Waals surface area contributed by atoms with Crippen molar-refractivity contribution >= 4 is 0 Å². The Labute approximate surface area is 134 Å². The Balaban J connectivity index is 1.61. The van der Waals surface area contributed by atoms with E-state index in [9.17, 15) is 0 Å². The summed E-state index contributed by atoms with van der Waals surface area (Å²) in [6.07, 6.45) is 0. The lowest BCUT2D eigenvalue weighted by molar-refractivity contribution is 0.0395. The number of nitrogens with zero attached hydrogens (tertiary/aromatic N) is 1. The summed E-state index contributed by atoms with van der Waals surface area (Å²) in [5.74, 6) is 0.602. The van der Waals surface area contributed by atoms with E-state index in [0.29, 0.717) is 19.1 Å². The number of ether oxygens (including phenoxy) is 2. The van der Waals surface area contributed by atoms with Crippen LogP contribution >= 0.6 is 0 Å². The minimum Gasteiger partial charge on any atom is -0.378 e. The summed E-state index contributed by atoms with van der Waals surface area (Å²) in [7, 11) is 1.93. The molecule has 0 fully saturated rings. The van der Waals surface area contributed by atoms with E-state index in [2.05, 4.69) is 42.3 Å². The summed E-state index contributed by atoms with van der Waals surface area (Å²) >= 11 is 0. The fourth-order valence-corrected chi connectivity index (χ4v) is 2.69. The number of hydrogen-bond acceptors (Lipinski definition) is 4. The molecule has 1 aliphatic rings. The predicted molar refractivity (Wildman–Crippen MR) is 90.2 cm³/mol. The van der Waals surface area contributed by atoms with Crippen LogP contribution in [0.4, 0.5) is 0 Å². The third-order valence-electron chi connectivity index (χ3n) is 4.11. The molecule has 1 aromatic carbocycles. The second kappa shape index (κ2) is 9.26. The SMILES string of the molecule is CNCCOCCOCCN1Cc2ccc(C(C)C)cc2C1. The van der Waals surface area contributed by atoms with Crippen LogP contribution in [0.5, 0.6) is 0 Å². The molecular formula is C18H30N2O2. The summed E-state index contributed by atoms with van der Waals surface area (Å²) < 4.78 is 11.1. The van der Waals surface area contributed by atoms with Gasteiger partial charge in [0.15, 0.2) is 0 Å². The molecule has 0 unspecified atom stereocenters. The number of hydrogen-bond donors (Lipinski definition) is 1. The number of rotatable bonds is 10. The van der Waals surface area contributed by atoms with Crippen molar-refractivity contribution in [1.82, 2.24) is 10.2 Å². The van der Waals surface area contributed by atoms with Crippen LogP contribution in [0.2, 0.25) is 0 Å². The van der Waals surface area contributed by atoms with Gasteiger partial charge in [-0.2, -0.15) is 0 Å². The highest BCUT2D eigenvalue weighted by molar-refractivity contribution is 5.35. The molecule has 0 aromatic heterocycles. The molecule has 4 nitrogen and oxygen atoms in total. The van der Waals surface area contributed by atoms with E-state index in [-0.39, 0.29) is 0 Å². The molecule has 4 heteroatoms. The lowest BCUT2D eigenvalue weighted by Crippen LogP contribution is -2.23. The molecular weight excluding hydrogens is 276 g/mol. The fraction of sp³-hybridized carbons (Fsp3) is 0.667. The smallest absolute Gasteiger partial charge is 0.0701 e. The molecule has 124 valence electrons. The third-order valence-corrected chi connectivity index (χ3v) is 4.11. The normalized spacial score (nSPS) is 14.7. The number of nitrogens with one attached hydrogen (secondary N) is 1. The molecule has 1 aliphatic heterocycles. The van der Waals surface area contributed by atoms with Crippen molar-refractivity contribution in [3.8, 4) is 0 Å². The van der Waals surface area contributed by atoms with Crippen molar-refractivity contribution in [3.63, 3.8) is 0 Å². The molecule has 1 aromatic rings. The van der Waals surface area contributed by atoms with Crippen LogP contribution in [0.25, 0.3) is 0 Å². The maximum absolute atomic E-state index is 5.65. The van der Waals surface area contributed by atoms with Gasteiger partial charge in [-0.1, -0.05) is 32.0 Å². The van der Waals surface area contributed by atoms with Crippen LogP contribution < -0.4 is 5.32 Å². The van der Waals surface area contributed by atoms with Crippen molar-refractivity contribution in [2.45, 2.75) is 32.9 Å². The highest BCUT2D eigenvalue weighted by Crippen LogP contribution is 2.26. The molecule has 0 atom stereocenters. The van der Waals surface area contributed by atoms with E-state index in [1.807, 2.05) is 7.05 Å². The highest BCUT2D eigenvalue weighted by atomic mass is 16.5. The largest absolute Gasteiger partial charge is 0.378 e. The second-order valence-corrected chi connectivity index (χ2v) is 6.22. The van der Waals surface area contributed by atoms with Crippen LogP contribution in [0.3, 0.4) is 0 Å². The Bertz CT molecular complexity index is 449. The van der Waals surface area contributed by atoms with E-state index >= 15 is 0 Å². The van der Waals surface area contributed by atoms with E-state index < -0.39 is 0 Å². The molecule has 1 N–H and O–H groups in total. The zero-order valence-corrected chi connectivity index (χ0v) is 14.2. The highest BCUT2D eigenvalue weighted by Gasteiger charge is 2.19. The van der Waals surface area contributed by atoms with Gasteiger partial charge < -0.3 is 14.8 Å². The summed E-state index contributed by atoms with van der Waals surface area (Å²) in [5.41, 5.74) is 4.40. The Kier molecular flexibility index (Phi) is 7.33. The molecule has 0 saturated heterocycles. The molecule has 0 saturated carbocycles. The van der Waals surface area contributed by atoms with Gasteiger partial charge in [0.1, 0.15) is 0 Å². The van der Waals surface area contributed by atoms with Crippen molar-refractivity contribution in [3.05, 3.63) is 34.9 Å².